The van der Waals surface area contributed by atoms with Gasteiger partial charge in [-0.05, 0) is 5.56 Å². The second-order valence-corrected chi connectivity index (χ2v) is 3.84. The third kappa shape index (κ3) is 3.19. The summed E-state index contributed by atoms with van der Waals surface area (Å²) in [6, 6.07) is 9.64. The fourth-order valence-electron chi connectivity index (χ4n) is 1.60. The highest BCUT2D eigenvalue weighted by Crippen LogP contribution is 2.02. The third-order valence-electron chi connectivity index (χ3n) is 2.52. The van der Waals surface area contributed by atoms with Gasteiger partial charge in [0, 0.05) is 18.8 Å². The van der Waals surface area contributed by atoms with E-state index in [1.54, 1.807) is 0 Å². The Kier molecular flexibility index (Phi) is 3.92. The van der Waals surface area contributed by atoms with Crippen molar-refractivity contribution < 1.29 is 14.3 Å². The summed E-state index contributed by atoms with van der Waals surface area (Å²) in [6.07, 6.45) is 2.60. The normalized spacial score (nSPS) is 10.1. The van der Waals surface area contributed by atoms with Crippen molar-refractivity contribution in [3.63, 3.8) is 0 Å². The number of hydrogen-bond acceptors (Lipinski definition) is 4. The quantitative estimate of drug-likeness (QED) is 0.893. The highest BCUT2D eigenvalue weighted by molar-refractivity contribution is 5.92. The molecule has 6 nitrogen and oxygen atoms in total. The number of benzene rings is 1. The zero-order valence-corrected chi connectivity index (χ0v) is 10.2. The predicted molar refractivity (Wildman–Crippen MR) is 67.6 cm³/mol. The summed E-state index contributed by atoms with van der Waals surface area (Å²) in [4.78, 5) is 26.4. The summed E-state index contributed by atoms with van der Waals surface area (Å²) in [5.41, 5.74) is 6.15. The minimum atomic E-state index is -0.773. The molecular formula is C13H13N3O3. The van der Waals surface area contributed by atoms with E-state index < -0.39 is 12.0 Å². The summed E-state index contributed by atoms with van der Waals surface area (Å²) in [6.45, 7) is 0.221. The van der Waals surface area contributed by atoms with Crippen molar-refractivity contribution in [3.8, 4) is 0 Å². The molecule has 98 valence electrons. The van der Waals surface area contributed by atoms with Crippen LogP contribution in [0.25, 0.3) is 0 Å². The Bertz CT molecular complexity index is 578. The number of hydrogen-bond donors (Lipinski definition) is 1. The van der Waals surface area contributed by atoms with Crippen molar-refractivity contribution in [2.75, 3.05) is 6.61 Å². The van der Waals surface area contributed by atoms with Gasteiger partial charge < -0.3 is 10.5 Å². The molecule has 0 aliphatic heterocycles. The summed E-state index contributed by atoms with van der Waals surface area (Å²) < 4.78 is 6.05. The molecule has 0 radical (unpaired) electrons. The standard InChI is InChI=1S/C13H13N3O3/c14-11(17)12-15-7-8-16(12)13(18)19-9-6-10-4-2-1-3-5-10/h1-5,7-8H,6,9H2,(H2,14,17). The van der Waals surface area contributed by atoms with E-state index in [0.29, 0.717) is 6.42 Å². The van der Waals surface area contributed by atoms with Gasteiger partial charge in [-0.15, -0.1) is 0 Å². The van der Waals surface area contributed by atoms with Crippen LogP contribution in [-0.2, 0) is 11.2 Å². The molecule has 19 heavy (non-hydrogen) atoms. The van der Waals surface area contributed by atoms with Gasteiger partial charge >= 0.3 is 6.09 Å². The first-order chi connectivity index (χ1) is 9.18. The molecule has 2 N–H and O–H groups in total. The Balaban J connectivity index is 1.91. The van der Waals surface area contributed by atoms with Crippen molar-refractivity contribution >= 4 is 12.0 Å². The van der Waals surface area contributed by atoms with Gasteiger partial charge in [0.2, 0.25) is 5.82 Å². The predicted octanol–water partition coefficient (Wildman–Crippen LogP) is 1.21. The van der Waals surface area contributed by atoms with Crippen molar-refractivity contribution in [3.05, 3.63) is 54.1 Å². The maximum absolute atomic E-state index is 11.7. The van der Waals surface area contributed by atoms with Crippen LogP contribution in [0.15, 0.2) is 42.7 Å². The smallest absolute Gasteiger partial charge is 0.419 e. The molecule has 0 saturated heterocycles. The Morgan fingerprint density at radius 1 is 1.26 bits per heavy atom. The van der Waals surface area contributed by atoms with E-state index in [1.807, 2.05) is 30.3 Å². The third-order valence-corrected chi connectivity index (χ3v) is 2.52. The van der Waals surface area contributed by atoms with E-state index in [1.165, 1.54) is 12.4 Å². The number of imidazole rings is 1. The molecule has 0 aliphatic carbocycles. The molecular weight excluding hydrogens is 246 g/mol. The van der Waals surface area contributed by atoms with Crippen LogP contribution in [-0.4, -0.2) is 28.2 Å². The second kappa shape index (κ2) is 5.81. The number of ether oxygens (including phenoxy) is 1. The van der Waals surface area contributed by atoms with Crippen molar-refractivity contribution in [1.82, 2.24) is 9.55 Å². The molecule has 0 fully saturated rings. The number of nitrogens with two attached hydrogens (primary N) is 1. The van der Waals surface area contributed by atoms with Gasteiger partial charge in [-0.2, -0.15) is 0 Å². The highest BCUT2D eigenvalue weighted by atomic mass is 16.5. The Morgan fingerprint density at radius 2 is 2.00 bits per heavy atom. The number of rotatable bonds is 4. The van der Waals surface area contributed by atoms with Crippen molar-refractivity contribution in [2.45, 2.75) is 6.42 Å². The lowest BCUT2D eigenvalue weighted by Crippen LogP contribution is -2.23. The Hall–Kier alpha value is -2.63. The van der Waals surface area contributed by atoms with Crippen LogP contribution >= 0.6 is 0 Å². The molecule has 0 saturated carbocycles. The lowest BCUT2D eigenvalue weighted by molar-refractivity contribution is 0.0979. The van der Waals surface area contributed by atoms with Gasteiger partial charge in [0.1, 0.15) is 0 Å². The first kappa shape index (κ1) is 12.8. The zero-order chi connectivity index (χ0) is 13.7. The SMILES string of the molecule is NC(=O)c1nccn1C(=O)OCCc1ccccc1. The molecule has 1 heterocycles. The molecule has 0 atom stereocenters. The number of nitrogens with zero attached hydrogens (tertiary/aromatic N) is 2. The van der Waals surface area contributed by atoms with Gasteiger partial charge in [0.25, 0.3) is 5.91 Å². The van der Waals surface area contributed by atoms with Gasteiger partial charge in [0.15, 0.2) is 0 Å². The number of carbonyl (C=O) groups is 2. The van der Waals surface area contributed by atoms with Crippen LogP contribution in [0.5, 0.6) is 0 Å². The first-order valence-electron chi connectivity index (χ1n) is 5.72. The number of amides is 1. The Labute approximate surface area is 109 Å². The first-order valence-corrected chi connectivity index (χ1v) is 5.72. The number of aromatic nitrogens is 2. The van der Waals surface area contributed by atoms with E-state index in [0.717, 1.165) is 10.1 Å². The topological polar surface area (TPSA) is 87.2 Å². The van der Waals surface area contributed by atoms with Crippen LogP contribution < -0.4 is 5.73 Å². The van der Waals surface area contributed by atoms with Crippen LogP contribution in [0, 0.1) is 0 Å². The molecule has 1 amide bonds. The summed E-state index contributed by atoms with van der Waals surface area (Å²) >= 11 is 0. The largest absolute Gasteiger partial charge is 0.449 e. The van der Waals surface area contributed by atoms with Gasteiger partial charge in [0.05, 0.1) is 6.61 Å². The van der Waals surface area contributed by atoms with E-state index in [4.69, 9.17) is 10.5 Å². The second-order valence-electron chi connectivity index (χ2n) is 3.84. The fraction of sp³-hybridized carbons (Fsp3) is 0.154. The van der Waals surface area contributed by atoms with Crippen LogP contribution in [0.2, 0.25) is 0 Å². The molecule has 6 heteroatoms. The number of primary amides is 1. The average Bonchev–Trinajstić information content (AvgIpc) is 2.89. The summed E-state index contributed by atoms with van der Waals surface area (Å²) in [5, 5.41) is 0. The molecule has 2 rings (SSSR count). The van der Waals surface area contributed by atoms with Crippen molar-refractivity contribution in [1.29, 1.82) is 0 Å². The fourth-order valence-corrected chi connectivity index (χ4v) is 1.60. The van der Waals surface area contributed by atoms with E-state index in [9.17, 15) is 9.59 Å². The molecule has 0 aliphatic rings. The number of carbonyl (C=O) groups excluding carboxylic acids is 2. The lowest BCUT2D eigenvalue weighted by atomic mass is 10.2. The average molecular weight is 259 g/mol. The molecule has 0 bridgehead atoms. The molecule has 2 aromatic rings. The zero-order valence-electron chi connectivity index (χ0n) is 10.2. The summed E-state index contributed by atoms with van der Waals surface area (Å²) in [7, 11) is 0. The monoisotopic (exact) mass is 259 g/mol. The minimum absolute atomic E-state index is 0.135. The molecule has 1 aromatic carbocycles. The van der Waals surface area contributed by atoms with E-state index in [2.05, 4.69) is 4.98 Å². The van der Waals surface area contributed by atoms with Crippen LogP contribution in [0.3, 0.4) is 0 Å². The highest BCUT2D eigenvalue weighted by Gasteiger charge is 2.15. The minimum Gasteiger partial charge on any atom is -0.449 e. The lowest BCUT2D eigenvalue weighted by Gasteiger charge is -2.06. The van der Waals surface area contributed by atoms with Crippen LogP contribution in [0.1, 0.15) is 16.2 Å². The maximum Gasteiger partial charge on any atom is 0.419 e. The van der Waals surface area contributed by atoms with Gasteiger partial charge in [-0.25, -0.2) is 14.3 Å². The molecule has 0 unspecified atom stereocenters. The molecule has 1 aromatic heterocycles. The Morgan fingerprint density at radius 3 is 2.68 bits per heavy atom. The maximum atomic E-state index is 11.7. The van der Waals surface area contributed by atoms with Gasteiger partial charge in [-0.1, -0.05) is 30.3 Å². The summed E-state index contributed by atoms with van der Waals surface area (Å²) in [5.74, 6) is -0.908. The van der Waals surface area contributed by atoms with Crippen LogP contribution in [0.4, 0.5) is 4.79 Å². The van der Waals surface area contributed by atoms with Gasteiger partial charge in [-0.3, -0.25) is 4.79 Å². The van der Waals surface area contributed by atoms with E-state index in [-0.39, 0.29) is 12.4 Å². The van der Waals surface area contributed by atoms with Crippen molar-refractivity contribution in [2.24, 2.45) is 5.73 Å². The molecule has 0 spiro atoms. The van der Waals surface area contributed by atoms with E-state index >= 15 is 0 Å².